The maximum Gasteiger partial charge on any atom is 0.265 e. The van der Waals surface area contributed by atoms with Crippen LogP contribution in [0, 0.1) is 0 Å². The third-order valence-corrected chi connectivity index (χ3v) is 3.70. The van der Waals surface area contributed by atoms with Crippen LogP contribution in [-0.2, 0) is 4.79 Å². The van der Waals surface area contributed by atoms with Gasteiger partial charge in [0.2, 0.25) is 0 Å². The lowest BCUT2D eigenvalue weighted by molar-refractivity contribution is -0.122. The molecule has 0 aliphatic carbocycles. The first-order valence-corrected chi connectivity index (χ1v) is 7.91. The van der Waals surface area contributed by atoms with E-state index in [2.05, 4.69) is 5.32 Å². The first-order valence-electron chi connectivity index (χ1n) is 7.91. The lowest BCUT2D eigenvalue weighted by atomic mass is 10.0. The van der Waals surface area contributed by atoms with E-state index in [1.165, 1.54) is 0 Å². The molecule has 0 saturated carbocycles. The quantitative estimate of drug-likeness (QED) is 0.737. The Balaban J connectivity index is 1.75. The molecule has 1 N–H and O–H groups in total. The molecular formula is C21H19NO2. The number of rotatable bonds is 5. The molecule has 0 aliphatic heterocycles. The average Bonchev–Trinajstić information content (AvgIpc) is 2.63. The van der Waals surface area contributed by atoms with Gasteiger partial charge in [0.25, 0.3) is 5.91 Å². The zero-order valence-corrected chi connectivity index (χ0v) is 13.5. The zero-order chi connectivity index (χ0) is 16.8. The van der Waals surface area contributed by atoms with Crippen molar-refractivity contribution in [1.29, 1.82) is 0 Å². The van der Waals surface area contributed by atoms with E-state index in [0.717, 1.165) is 16.8 Å². The second kappa shape index (κ2) is 7.47. The number of anilines is 1. The molecule has 3 rings (SSSR count). The van der Waals surface area contributed by atoms with Gasteiger partial charge in [-0.15, -0.1) is 0 Å². The van der Waals surface area contributed by atoms with Crippen LogP contribution in [0.3, 0.4) is 0 Å². The third kappa shape index (κ3) is 3.82. The van der Waals surface area contributed by atoms with Crippen LogP contribution >= 0.6 is 0 Å². The number of hydrogen-bond donors (Lipinski definition) is 1. The smallest absolute Gasteiger partial charge is 0.265 e. The molecule has 0 bridgehead atoms. The van der Waals surface area contributed by atoms with Crippen molar-refractivity contribution in [3.05, 3.63) is 84.9 Å². The molecule has 3 heteroatoms. The van der Waals surface area contributed by atoms with Gasteiger partial charge in [0.05, 0.1) is 0 Å². The topological polar surface area (TPSA) is 38.3 Å². The molecule has 0 saturated heterocycles. The minimum absolute atomic E-state index is 0.178. The van der Waals surface area contributed by atoms with Crippen molar-refractivity contribution < 1.29 is 9.53 Å². The van der Waals surface area contributed by atoms with Gasteiger partial charge < -0.3 is 10.1 Å². The highest BCUT2D eigenvalue weighted by Gasteiger charge is 2.16. The number of amides is 1. The molecular weight excluding hydrogens is 298 g/mol. The van der Waals surface area contributed by atoms with Gasteiger partial charge >= 0.3 is 0 Å². The normalized spacial score (nSPS) is 11.5. The second-order valence-electron chi connectivity index (χ2n) is 5.47. The number of ether oxygens (including phenoxy) is 1. The maximum absolute atomic E-state index is 12.5. The van der Waals surface area contributed by atoms with Crippen molar-refractivity contribution in [2.24, 2.45) is 0 Å². The Kier molecular flexibility index (Phi) is 4.92. The minimum Gasteiger partial charge on any atom is -0.481 e. The van der Waals surface area contributed by atoms with Crippen molar-refractivity contribution in [2.75, 3.05) is 5.32 Å². The minimum atomic E-state index is -0.587. The Morgan fingerprint density at radius 3 is 2.12 bits per heavy atom. The third-order valence-electron chi connectivity index (χ3n) is 3.70. The largest absolute Gasteiger partial charge is 0.481 e. The van der Waals surface area contributed by atoms with Crippen LogP contribution in [0.15, 0.2) is 84.9 Å². The van der Waals surface area contributed by atoms with Gasteiger partial charge in [-0.25, -0.2) is 0 Å². The molecule has 1 atom stereocenters. The molecule has 3 aromatic carbocycles. The standard InChI is InChI=1S/C21H19NO2/c1-16(24-18-12-6-3-7-13-18)21(23)22-20-15-9-8-14-19(20)17-10-4-2-5-11-17/h2-16H,1H3,(H,22,23)/t16-/m0/s1. The summed E-state index contributed by atoms with van der Waals surface area (Å²) < 4.78 is 5.68. The summed E-state index contributed by atoms with van der Waals surface area (Å²) in [5.41, 5.74) is 2.82. The fourth-order valence-corrected chi connectivity index (χ4v) is 2.45. The Morgan fingerprint density at radius 2 is 1.42 bits per heavy atom. The molecule has 0 radical (unpaired) electrons. The van der Waals surface area contributed by atoms with E-state index in [4.69, 9.17) is 4.74 Å². The summed E-state index contributed by atoms with van der Waals surface area (Å²) in [6, 6.07) is 27.1. The average molecular weight is 317 g/mol. The lowest BCUT2D eigenvalue weighted by Gasteiger charge is -2.16. The van der Waals surface area contributed by atoms with E-state index in [-0.39, 0.29) is 5.91 Å². The molecule has 0 aromatic heterocycles. The summed E-state index contributed by atoms with van der Waals surface area (Å²) >= 11 is 0. The Labute approximate surface area is 141 Å². The maximum atomic E-state index is 12.5. The van der Waals surface area contributed by atoms with Gasteiger partial charge in [-0.05, 0) is 30.7 Å². The van der Waals surface area contributed by atoms with Crippen molar-refractivity contribution in [3.63, 3.8) is 0 Å². The first-order chi connectivity index (χ1) is 11.7. The van der Waals surface area contributed by atoms with E-state index in [1.807, 2.05) is 84.9 Å². The van der Waals surface area contributed by atoms with Crippen LogP contribution in [0.1, 0.15) is 6.92 Å². The van der Waals surface area contributed by atoms with Gasteiger partial charge in [0.1, 0.15) is 5.75 Å². The van der Waals surface area contributed by atoms with Gasteiger partial charge in [-0.2, -0.15) is 0 Å². The van der Waals surface area contributed by atoms with Crippen molar-refractivity contribution >= 4 is 11.6 Å². The zero-order valence-electron chi connectivity index (χ0n) is 13.5. The molecule has 0 fully saturated rings. The Bertz CT molecular complexity index is 800. The predicted molar refractivity (Wildman–Crippen MR) is 97.0 cm³/mol. The highest BCUT2D eigenvalue weighted by Crippen LogP contribution is 2.27. The molecule has 0 spiro atoms. The van der Waals surface area contributed by atoms with Crippen molar-refractivity contribution in [1.82, 2.24) is 0 Å². The molecule has 0 unspecified atom stereocenters. The monoisotopic (exact) mass is 317 g/mol. The Hall–Kier alpha value is -3.07. The van der Waals surface area contributed by atoms with E-state index in [1.54, 1.807) is 6.92 Å². The van der Waals surface area contributed by atoms with Gasteiger partial charge in [0, 0.05) is 11.3 Å². The summed E-state index contributed by atoms with van der Waals surface area (Å²) in [5.74, 6) is 0.499. The van der Waals surface area contributed by atoms with Crippen molar-refractivity contribution in [2.45, 2.75) is 13.0 Å². The molecule has 0 aliphatic rings. The van der Waals surface area contributed by atoms with Crippen LogP contribution in [0.5, 0.6) is 5.75 Å². The van der Waals surface area contributed by atoms with Crippen LogP contribution in [-0.4, -0.2) is 12.0 Å². The molecule has 120 valence electrons. The summed E-state index contributed by atoms with van der Waals surface area (Å²) in [4.78, 5) is 12.5. The van der Waals surface area contributed by atoms with Gasteiger partial charge in [-0.3, -0.25) is 4.79 Å². The molecule has 24 heavy (non-hydrogen) atoms. The number of hydrogen-bond acceptors (Lipinski definition) is 2. The van der Waals surface area contributed by atoms with Gasteiger partial charge in [-0.1, -0.05) is 66.7 Å². The highest BCUT2D eigenvalue weighted by molar-refractivity contribution is 5.97. The van der Waals surface area contributed by atoms with Crippen LogP contribution in [0.4, 0.5) is 5.69 Å². The summed E-state index contributed by atoms with van der Waals surface area (Å²) in [7, 11) is 0. The first kappa shape index (κ1) is 15.8. The van der Waals surface area contributed by atoms with E-state index in [0.29, 0.717) is 5.75 Å². The summed E-state index contributed by atoms with van der Waals surface area (Å²) in [6.07, 6.45) is -0.587. The fraction of sp³-hybridized carbons (Fsp3) is 0.0952. The lowest BCUT2D eigenvalue weighted by Crippen LogP contribution is -2.30. The molecule has 1 amide bonds. The highest BCUT2D eigenvalue weighted by atomic mass is 16.5. The predicted octanol–water partition coefficient (Wildman–Crippen LogP) is 4.76. The van der Waals surface area contributed by atoms with Gasteiger partial charge in [0.15, 0.2) is 6.10 Å². The van der Waals surface area contributed by atoms with Crippen LogP contribution < -0.4 is 10.1 Å². The van der Waals surface area contributed by atoms with E-state index < -0.39 is 6.10 Å². The number of para-hydroxylation sites is 2. The number of nitrogens with one attached hydrogen (secondary N) is 1. The Morgan fingerprint density at radius 1 is 0.833 bits per heavy atom. The van der Waals surface area contributed by atoms with E-state index >= 15 is 0 Å². The number of carbonyl (C=O) groups excluding carboxylic acids is 1. The molecule has 3 aromatic rings. The van der Waals surface area contributed by atoms with E-state index in [9.17, 15) is 4.79 Å². The molecule has 0 heterocycles. The summed E-state index contributed by atoms with van der Waals surface area (Å²) in [6.45, 7) is 1.74. The summed E-state index contributed by atoms with van der Waals surface area (Å²) in [5, 5.41) is 2.97. The number of carbonyl (C=O) groups is 1. The van der Waals surface area contributed by atoms with Crippen LogP contribution in [0.2, 0.25) is 0 Å². The second-order valence-corrected chi connectivity index (χ2v) is 5.47. The van der Waals surface area contributed by atoms with Crippen molar-refractivity contribution in [3.8, 4) is 16.9 Å². The number of benzene rings is 3. The molecule has 3 nitrogen and oxygen atoms in total. The SMILES string of the molecule is C[C@H](Oc1ccccc1)C(=O)Nc1ccccc1-c1ccccc1. The fourth-order valence-electron chi connectivity index (χ4n) is 2.45. The van der Waals surface area contributed by atoms with Crippen LogP contribution in [0.25, 0.3) is 11.1 Å².